The van der Waals surface area contributed by atoms with Gasteiger partial charge in [-0.15, -0.1) is 11.3 Å². The predicted octanol–water partition coefficient (Wildman–Crippen LogP) is 1.03. The van der Waals surface area contributed by atoms with Crippen molar-refractivity contribution < 1.29 is 0 Å². The van der Waals surface area contributed by atoms with Gasteiger partial charge in [-0.05, 0) is 12.1 Å². The summed E-state index contributed by atoms with van der Waals surface area (Å²) in [6, 6.07) is 3.73. The third kappa shape index (κ3) is 2.41. The smallest absolute Gasteiger partial charge is 0.185 e. The summed E-state index contributed by atoms with van der Waals surface area (Å²) in [4.78, 5) is 13.2. The molecule has 6 nitrogen and oxygen atoms in total. The first-order chi connectivity index (χ1) is 9.24. The Morgan fingerprint density at radius 1 is 1.05 bits per heavy atom. The fourth-order valence-corrected chi connectivity index (χ4v) is 2.85. The molecule has 4 N–H and O–H groups in total. The zero-order valence-electron chi connectivity index (χ0n) is 10.5. The van der Waals surface area contributed by atoms with Gasteiger partial charge in [0.05, 0.1) is 5.69 Å². The Labute approximate surface area is 115 Å². The van der Waals surface area contributed by atoms with Gasteiger partial charge in [-0.1, -0.05) is 0 Å². The van der Waals surface area contributed by atoms with Crippen molar-refractivity contribution in [3.63, 3.8) is 0 Å². The molecule has 0 radical (unpaired) electrons. The van der Waals surface area contributed by atoms with Crippen LogP contribution in [-0.2, 0) is 0 Å². The number of nitrogens with zero attached hydrogens (tertiary/aromatic N) is 4. The van der Waals surface area contributed by atoms with Gasteiger partial charge in [0.15, 0.2) is 5.13 Å². The normalized spacial score (nSPS) is 15.8. The van der Waals surface area contributed by atoms with E-state index in [4.69, 9.17) is 11.5 Å². The monoisotopic (exact) mass is 276 g/mol. The molecule has 3 rings (SSSR count). The van der Waals surface area contributed by atoms with Crippen molar-refractivity contribution in [2.24, 2.45) is 0 Å². The molecule has 0 saturated carbocycles. The van der Waals surface area contributed by atoms with Gasteiger partial charge in [0, 0.05) is 37.8 Å². The van der Waals surface area contributed by atoms with Crippen LogP contribution in [0.5, 0.6) is 0 Å². The Kier molecular flexibility index (Phi) is 3.12. The highest BCUT2D eigenvalue weighted by molar-refractivity contribution is 7.13. The van der Waals surface area contributed by atoms with E-state index in [0.717, 1.165) is 37.1 Å². The van der Waals surface area contributed by atoms with Gasteiger partial charge in [0.1, 0.15) is 11.6 Å². The highest BCUT2D eigenvalue weighted by Gasteiger charge is 2.19. The van der Waals surface area contributed by atoms with Crippen molar-refractivity contribution in [1.82, 2.24) is 9.97 Å². The Morgan fingerprint density at radius 3 is 2.42 bits per heavy atom. The Balaban J connectivity index is 1.68. The molecule has 19 heavy (non-hydrogen) atoms. The summed E-state index contributed by atoms with van der Waals surface area (Å²) >= 11 is 1.68. The van der Waals surface area contributed by atoms with E-state index in [-0.39, 0.29) is 0 Å². The van der Waals surface area contributed by atoms with E-state index in [1.807, 2.05) is 23.7 Å². The molecule has 3 heterocycles. The maximum Gasteiger partial charge on any atom is 0.185 e. The van der Waals surface area contributed by atoms with E-state index in [1.165, 1.54) is 0 Å². The van der Waals surface area contributed by atoms with Gasteiger partial charge < -0.3 is 21.3 Å². The SMILES string of the molecule is Nc1ccc(N2CCN(c3nccs3)CC2)nc1N. The molecule has 0 amide bonds. The first-order valence-corrected chi connectivity index (χ1v) is 7.03. The second-order valence-electron chi connectivity index (χ2n) is 4.43. The van der Waals surface area contributed by atoms with Crippen molar-refractivity contribution in [2.45, 2.75) is 0 Å². The zero-order chi connectivity index (χ0) is 13.2. The van der Waals surface area contributed by atoms with E-state index < -0.39 is 0 Å². The van der Waals surface area contributed by atoms with E-state index in [2.05, 4.69) is 19.8 Å². The van der Waals surface area contributed by atoms with Gasteiger partial charge in [-0.3, -0.25) is 0 Å². The minimum absolute atomic E-state index is 0.403. The van der Waals surface area contributed by atoms with Gasteiger partial charge >= 0.3 is 0 Å². The van der Waals surface area contributed by atoms with Crippen LogP contribution >= 0.6 is 11.3 Å². The lowest BCUT2D eigenvalue weighted by Gasteiger charge is -2.35. The highest BCUT2D eigenvalue weighted by Crippen LogP contribution is 2.22. The molecule has 0 bridgehead atoms. The lowest BCUT2D eigenvalue weighted by atomic mass is 10.3. The molecule has 2 aromatic heterocycles. The summed E-state index contributed by atoms with van der Waals surface area (Å²) in [5.74, 6) is 1.30. The molecule has 1 saturated heterocycles. The van der Waals surface area contributed by atoms with Crippen LogP contribution in [0.15, 0.2) is 23.7 Å². The van der Waals surface area contributed by atoms with E-state index in [0.29, 0.717) is 11.5 Å². The van der Waals surface area contributed by atoms with Crippen LogP contribution in [0.3, 0.4) is 0 Å². The van der Waals surface area contributed by atoms with Crippen molar-refractivity contribution in [3.8, 4) is 0 Å². The molecule has 0 aromatic carbocycles. The van der Waals surface area contributed by atoms with E-state index in [9.17, 15) is 0 Å². The molecule has 7 heteroatoms. The Morgan fingerprint density at radius 2 is 1.79 bits per heavy atom. The number of hydrogen-bond acceptors (Lipinski definition) is 7. The number of piperazine rings is 1. The van der Waals surface area contributed by atoms with Crippen LogP contribution in [0.25, 0.3) is 0 Å². The van der Waals surface area contributed by atoms with Crippen molar-refractivity contribution >= 4 is 33.8 Å². The number of rotatable bonds is 2. The number of pyridine rings is 1. The molecule has 0 atom stereocenters. The summed E-state index contributed by atoms with van der Waals surface area (Å²) in [6.07, 6.45) is 1.84. The summed E-state index contributed by atoms with van der Waals surface area (Å²) in [7, 11) is 0. The van der Waals surface area contributed by atoms with Gasteiger partial charge in [0.25, 0.3) is 0 Å². The van der Waals surface area contributed by atoms with Crippen molar-refractivity contribution in [3.05, 3.63) is 23.7 Å². The third-order valence-electron chi connectivity index (χ3n) is 3.24. The molecule has 0 spiro atoms. The summed E-state index contributed by atoms with van der Waals surface area (Å²) < 4.78 is 0. The highest BCUT2D eigenvalue weighted by atomic mass is 32.1. The fraction of sp³-hybridized carbons (Fsp3) is 0.333. The van der Waals surface area contributed by atoms with Crippen LogP contribution in [0.2, 0.25) is 0 Å². The number of nitrogen functional groups attached to an aromatic ring is 2. The van der Waals surface area contributed by atoms with Gasteiger partial charge in [-0.2, -0.15) is 0 Å². The van der Waals surface area contributed by atoms with Crippen molar-refractivity contribution in [1.29, 1.82) is 0 Å². The number of thiazole rings is 1. The quantitative estimate of drug-likeness (QED) is 0.852. The molecule has 100 valence electrons. The lowest BCUT2D eigenvalue weighted by molar-refractivity contribution is 0.646. The average molecular weight is 276 g/mol. The number of anilines is 4. The third-order valence-corrected chi connectivity index (χ3v) is 4.07. The number of aromatic nitrogens is 2. The standard InChI is InChI=1S/C12H16N6S/c13-9-1-2-10(16-11(9)14)17-4-6-18(7-5-17)12-15-3-8-19-12/h1-3,8H,4-7,13H2,(H2,14,16). The van der Waals surface area contributed by atoms with E-state index >= 15 is 0 Å². The fourth-order valence-electron chi connectivity index (χ4n) is 2.15. The number of hydrogen-bond donors (Lipinski definition) is 2. The molecule has 0 unspecified atom stereocenters. The molecular weight excluding hydrogens is 260 g/mol. The van der Waals surface area contributed by atoms with Crippen LogP contribution in [0, 0.1) is 0 Å². The van der Waals surface area contributed by atoms with Gasteiger partial charge in [-0.25, -0.2) is 9.97 Å². The summed E-state index contributed by atoms with van der Waals surface area (Å²) in [5, 5.41) is 3.09. The van der Waals surface area contributed by atoms with Gasteiger partial charge in [0.2, 0.25) is 0 Å². The van der Waals surface area contributed by atoms with Crippen molar-refractivity contribution in [2.75, 3.05) is 47.4 Å². The molecule has 1 aliphatic heterocycles. The topological polar surface area (TPSA) is 84.3 Å². The first-order valence-electron chi connectivity index (χ1n) is 6.15. The van der Waals surface area contributed by atoms with Crippen LogP contribution in [0.4, 0.5) is 22.5 Å². The minimum atomic E-state index is 0.403. The van der Waals surface area contributed by atoms with E-state index in [1.54, 1.807) is 11.3 Å². The second kappa shape index (κ2) is 4.93. The van der Waals surface area contributed by atoms with Crippen LogP contribution in [-0.4, -0.2) is 36.1 Å². The number of nitrogens with two attached hydrogens (primary N) is 2. The molecule has 0 aliphatic carbocycles. The van der Waals surface area contributed by atoms with Crippen LogP contribution < -0.4 is 21.3 Å². The first kappa shape index (κ1) is 12.0. The minimum Gasteiger partial charge on any atom is -0.396 e. The largest absolute Gasteiger partial charge is 0.396 e. The lowest BCUT2D eigenvalue weighted by Crippen LogP contribution is -2.46. The zero-order valence-corrected chi connectivity index (χ0v) is 11.3. The van der Waals surface area contributed by atoms with Crippen LogP contribution in [0.1, 0.15) is 0 Å². The molecule has 1 fully saturated rings. The maximum absolute atomic E-state index is 5.75. The predicted molar refractivity (Wildman–Crippen MR) is 79.6 cm³/mol. The Bertz CT molecular complexity index is 547. The molecule has 1 aliphatic rings. The summed E-state index contributed by atoms with van der Waals surface area (Å²) in [5.41, 5.74) is 12.0. The second-order valence-corrected chi connectivity index (χ2v) is 5.31. The average Bonchev–Trinajstić information content (AvgIpc) is 2.96. The Hall–Kier alpha value is -2.02. The molecular formula is C12H16N6S. The summed E-state index contributed by atoms with van der Waals surface area (Å²) in [6.45, 7) is 3.71. The molecule has 2 aromatic rings. The maximum atomic E-state index is 5.75.